The van der Waals surface area contributed by atoms with Crippen LogP contribution in [0.3, 0.4) is 0 Å². The lowest BCUT2D eigenvalue weighted by Crippen LogP contribution is -2.53. The second-order valence-corrected chi connectivity index (χ2v) is 6.29. The molecule has 1 atom stereocenters. The predicted octanol–water partition coefficient (Wildman–Crippen LogP) is 3.22. The Labute approximate surface area is 158 Å². The minimum absolute atomic E-state index is 0.0455. The third-order valence-corrected chi connectivity index (χ3v) is 4.48. The summed E-state index contributed by atoms with van der Waals surface area (Å²) >= 11 is 0. The van der Waals surface area contributed by atoms with Gasteiger partial charge in [-0.2, -0.15) is 10.1 Å². The molecular formula is C21H22N2O4. The zero-order valence-electron chi connectivity index (χ0n) is 15.4. The van der Waals surface area contributed by atoms with Gasteiger partial charge in [-0.1, -0.05) is 49.4 Å². The fraction of sp³-hybridized carbons (Fsp3) is 0.286. The summed E-state index contributed by atoms with van der Waals surface area (Å²) in [6.07, 6.45) is 0.481. The average Bonchev–Trinajstić information content (AvgIpc) is 3.06. The van der Waals surface area contributed by atoms with Crippen LogP contribution in [0, 0.1) is 0 Å². The van der Waals surface area contributed by atoms with Crippen LogP contribution in [0.25, 0.3) is 11.1 Å². The second kappa shape index (κ2) is 7.72. The summed E-state index contributed by atoms with van der Waals surface area (Å²) in [7, 11) is 0. The molecule has 0 saturated carbocycles. The number of rotatable bonds is 5. The standard InChI is InChI=1S/C21H22N2O4/c1-3-18-14-21(26,20(25)27-4-2)23(22-18)19(24)17-12-10-16(11-13-17)15-8-6-5-7-9-15/h5-13,26H,3-4,14H2,1-2H3. The zero-order chi connectivity index (χ0) is 19.4. The fourth-order valence-electron chi connectivity index (χ4n) is 2.99. The van der Waals surface area contributed by atoms with Crippen molar-refractivity contribution in [1.82, 2.24) is 5.01 Å². The van der Waals surface area contributed by atoms with Crippen molar-refractivity contribution >= 4 is 17.6 Å². The van der Waals surface area contributed by atoms with Gasteiger partial charge in [-0.15, -0.1) is 0 Å². The topological polar surface area (TPSA) is 79.2 Å². The van der Waals surface area contributed by atoms with E-state index in [1.807, 2.05) is 49.4 Å². The van der Waals surface area contributed by atoms with E-state index in [-0.39, 0.29) is 13.0 Å². The molecule has 0 aromatic heterocycles. The summed E-state index contributed by atoms with van der Waals surface area (Å²) in [5.41, 5.74) is 0.800. The van der Waals surface area contributed by atoms with Gasteiger partial charge >= 0.3 is 5.97 Å². The molecule has 0 saturated heterocycles. The zero-order valence-corrected chi connectivity index (χ0v) is 15.4. The van der Waals surface area contributed by atoms with Crippen LogP contribution in [-0.2, 0) is 9.53 Å². The summed E-state index contributed by atoms with van der Waals surface area (Å²) in [4.78, 5) is 25.2. The lowest BCUT2D eigenvalue weighted by atomic mass is 10.0. The maximum atomic E-state index is 12.9. The number of hydrogen-bond donors (Lipinski definition) is 1. The highest BCUT2D eigenvalue weighted by Gasteiger charge is 2.51. The highest BCUT2D eigenvalue weighted by atomic mass is 16.6. The van der Waals surface area contributed by atoms with E-state index in [0.29, 0.717) is 17.7 Å². The molecule has 0 spiro atoms. The molecule has 0 bridgehead atoms. The van der Waals surface area contributed by atoms with Crippen molar-refractivity contribution in [3.05, 3.63) is 60.2 Å². The van der Waals surface area contributed by atoms with Gasteiger partial charge in [0, 0.05) is 17.7 Å². The van der Waals surface area contributed by atoms with E-state index in [4.69, 9.17) is 4.74 Å². The summed E-state index contributed by atoms with van der Waals surface area (Å²) in [6.45, 7) is 3.61. The van der Waals surface area contributed by atoms with Crippen molar-refractivity contribution in [2.45, 2.75) is 32.4 Å². The second-order valence-electron chi connectivity index (χ2n) is 6.29. The predicted molar refractivity (Wildman–Crippen MR) is 102 cm³/mol. The van der Waals surface area contributed by atoms with Crippen molar-refractivity contribution in [2.24, 2.45) is 5.10 Å². The first-order chi connectivity index (χ1) is 13.0. The van der Waals surface area contributed by atoms with Gasteiger partial charge in [0.25, 0.3) is 11.6 Å². The van der Waals surface area contributed by atoms with Crippen LogP contribution in [-0.4, -0.2) is 40.0 Å². The van der Waals surface area contributed by atoms with E-state index in [1.165, 1.54) is 0 Å². The minimum Gasteiger partial charge on any atom is -0.462 e. The number of esters is 1. The third kappa shape index (κ3) is 3.61. The largest absolute Gasteiger partial charge is 0.462 e. The van der Waals surface area contributed by atoms with Crippen LogP contribution >= 0.6 is 0 Å². The van der Waals surface area contributed by atoms with Gasteiger partial charge in [0.15, 0.2) is 0 Å². The molecule has 140 valence electrons. The monoisotopic (exact) mass is 366 g/mol. The first kappa shape index (κ1) is 18.8. The molecule has 1 aliphatic rings. The molecule has 1 aliphatic heterocycles. The minimum atomic E-state index is -2.10. The summed E-state index contributed by atoms with van der Waals surface area (Å²) in [5.74, 6) is -1.42. The highest BCUT2D eigenvalue weighted by molar-refractivity contribution is 6.03. The Balaban J connectivity index is 1.88. The number of hydrazone groups is 1. The van der Waals surface area contributed by atoms with E-state index in [9.17, 15) is 14.7 Å². The molecular weight excluding hydrogens is 344 g/mol. The molecule has 2 aromatic rings. The van der Waals surface area contributed by atoms with E-state index >= 15 is 0 Å². The van der Waals surface area contributed by atoms with Gasteiger partial charge in [-0.3, -0.25) is 4.79 Å². The van der Waals surface area contributed by atoms with Gasteiger partial charge in [0.05, 0.1) is 6.61 Å². The maximum Gasteiger partial charge on any atom is 0.362 e. The van der Waals surface area contributed by atoms with Crippen LogP contribution < -0.4 is 0 Å². The molecule has 1 unspecified atom stereocenters. The number of nitrogens with zero attached hydrogens (tertiary/aromatic N) is 2. The number of ether oxygens (including phenoxy) is 1. The Morgan fingerprint density at radius 3 is 2.30 bits per heavy atom. The number of carbonyl (C=O) groups excluding carboxylic acids is 2. The van der Waals surface area contributed by atoms with Crippen molar-refractivity contribution < 1.29 is 19.4 Å². The molecule has 0 fully saturated rings. The van der Waals surface area contributed by atoms with E-state index in [1.54, 1.807) is 19.1 Å². The SMILES string of the molecule is CCOC(=O)C1(O)CC(CC)=NN1C(=O)c1ccc(-c2ccccc2)cc1. The van der Waals surface area contributed by atoms with Crippen LogP contribution in [0.2, 0.25) is 0 Å². The average molecular weight is 366 g/mol. The van der Waals surface area contributed by atoms with Gasteiger partial charge in [0.1, 0.15) is 0 Å². The molecule has 2 aromatic carbocycles. The Bertz CT molecular complexity index is 862. The maximum absolute atomic E-state index is 12.9. The molecule has 6 nitrogen and oxygen atoms in total. The van der Waals surface area contributed by atoms with E-state index < -0.39 is 17.6 Å². The molecule has 3 rings (SSSR count). The van der Waals surface area contributed by atoms with E-state index in [0.717, 1.165) is 16.1 Å². The normalized spacial score (nSPS) is 18.9. The summed E-state index contributed by atoms with van der Waals surface area (Å²) in [6, 6.07) is 16.8. The fourth-order valence-corrected chi connectivity index (χ4v) is 2.99. The molecule has 1 heterocycles. The number of carbonyl (C=O) groups is 2. The Morgan fingerprint density at radius 1 is 1.07 bits per heavy atom. The van der Waals surface area contributed by atoms with Gasteiger partial charge in [-0.05, 0) is 36.6 Å². The Morgan fingerprint density at radius 2 is 1.70 bits per heavy atom. The van der Waals surface area contributed by atoms with Gasteiger partial charge in [0.2, 0.25) is 0 Å². The molecule has 1 N–H and O–H groups in total. The smallest absolute Gasteiger partial charge is 0.362 e. The lowest BCUT2D eigenvalue weighted by molar-refractivity contribution is -0.179. The first-order valence-corrected chi connectivity index (χ1v) is 8.95. The van der Waals surface area contributed by atoms with Crippen molar-refractivity contribution in [3.8, 4) is 11.1 Å². The highest BCUT2D eigenvalue weighted by Crippen LogP contribution is 2.30. The molecule has 27 heavy (non-hydrogen) atoms. The Kier molecular flexibility index (Phi) is 5.37. The number of hydrogen-bond acceptors (Lipinski definition) is 5. The first-order valence-electron chi connectivity index (χ1n) is 8.95. The molecule has 0 radical (unpaired) electrons. The molecule has 1 amide bonds. The summed E-state index contributed by atoms with van der Waals surface area (Å²) < 4.78 is 4.96. The van der Waals surface area contributed by atoms with Gasteiger partial charge < -0.3 is 9.84 Å². The van der Waals surface area contributed by atoms with E-state index in [2.05, 4.69) is 5.10 Å². The van der Waals surface area contributed by atoms with Crippen molar-refractivity contribution in [3.63, 3.8) is 0 Å². The number of aliphatic hydroxyl groups is 1. The van der Waals surface area contributed by atoms with Crippen LogP contribution in [0.15, 0.2) is 59.7 Å². The number of benzene rings is 2. The van der Waals surface area contributed by atoms with Gasteiger partial charge in [-0.25, -0.2) is 4.79 Å². The Hall–Kier alpha value is -2.99. The summed E-state index contributed by atoms with van der Waals surface area (Å²) in [5, 5.41) is 15.9. The van der Waals surface area contributed by atoms with Crippen LogP contribution in [0.4, 0.5) is 0 Å². The van der Waals surface area contributed by atoms with Crippen molar-refractivity contribution in [2.75, 3.05) is 6.61 Å². The molecule has 0 aliphatic carbocycles. The van der Waals surface area contributed by atoms with Crippen LogP contribution in [0.1, 0.15) is 37.0 Å². The number of amides is 1. The quantitative estimate of drug-likeness (QED) is 0.824. The third-order valence-electron chi connectivity index (χ3n) is 4.48. The molecule has 6 heteroatoms. The van der Waals surface area contributed by atoms with Crippen LogP contribution in [0.5, 0.6) is 0 Å². The lowest BCUT2D eigenvalue weighted by Gasteiger charge is -2.28. The van der Waals surface area contributed by atoms with Crippen molar-refractivity contribution in [1.29, 1.82) is 0 Å².